The van der Waals surface area contributed by atoms with Gasteiger partial charge in [0.15, 0.2) is 0 Å². The Balaban J connectivity index is 1.95. The molecule has 0 bridgehead atoms. The summed E-state index contributed by atoms with van der Waals surface area (Å²) in [6, 6.07) is 7.93. The average molecular weight is 290 g/mol. The van der Waals surface area contributed by atoms with Crippen molar-refractivity contribution in [3.8, 4) is 0 Å². The van der Waals surface area contributed by atoms with E-state index >= 15 is 0 Å². The Labute approximate surface area is 120 Å². The highest BCUT2D eigenvalue weighted by atomic mass is 32.2. The van der Waals surface area contributed by atoms with E-state index in [4.69, 9.17) is 0 Å². The van der Waals surface area contributed by atoms with Gasteiger partial charge in [-0.25, -0.2) is 0 Å². The summed E-state index contributed by atoms with van der Waals surface area (Å²) in [5.41, 5.74) is 2.06. The highest BCUT2D eigenvalue weighted by molar-refractivity contribution is 8.00. The number of ether oxygens (including phenoxy) is 1. The number of thioether (sulfide) groups is 1. The van der Waals surface area contributed by atoms with Crippen molar-refractivity contribution in [1.29, 1.82) is 0 Å². The number of fused-ring (bicyclic) bond motifs is 1. The highest BCUT2D eigenvalue weighted by Gasteiger charge is 2.35. The maximum Gasteiger partial charge on any atom is 0.325 e. The minimum atomic E-state index is -0.398. The lowest BCUT2D eigenvalue weighted by molar-refractivity contribution is -0.146. The number of aromatic nitrogens is 1. The number of carbonyl (C=O) groups excluding carboxylic acids is 2. The molecule has 0 spiro atoms. The van der Waals surface area contributed by atoms with E-state index in [9.17, 15) is 9.59 Å². The normalized spacial score (nSPS) is 18.8. The van der Waals surface area contributed by atoms with E-state index in [1.54, 1.807) is 4.90 Å². The van der Waals surface area contributed by atoms with Crippen LogP contribution < -0.4 is 0 Å². The van der Waals surface area contributed by atoms with Crippen LogP contribution in [0.3, 0.4) is 0 Å². The maximum absolute atomic E-state index is 12.0. The molecule has 0 radical (unpaired) electrons. The van der Waals surface area contributed by atoms with Gasteiger partial charge >= 0.3 is 5.97 Å². The summed E-state index contributed by atoms with van der Waals surface area (Å²) in [7, 11) is 1.33. The van der Waals surface area contributed by atoms with Gasteiger partial charge in [0.1, 0.15) is 11.9 Å². The molecule has 1 unspecified atom stereocenters. The van der Waals surface area contributed by atoms with Gasteiger partial charge in [0.2, 0.25) is 5.91 Å². The topological polar surface area (TPSA) is 62.4 Å². The molecule has 20 heavy (non-hydrogen) atoms. The van der Waals surface area contributed by atoms with Crippen LogP contribution in [0.15, 0.2) is 30.5 Å². The van der Waals surface area contributed by atoms with Crippen molar-refractivity contribution in [2.75, 3.05) is 19.4 Å². The molecule has 0 saturated carbocycles. The number of nitrogens with one attached hydrogen (secondary N) is 1. The fourth-order valence-electron chi connectivity index (χ4n) is 2.38. The number of H-pyrrole nitrogens is 1. The van der Waals surface area contributed by atoms with Crippen LogP contribution in [-0.2, 0) is 14.3 Å². The molecular weight excluding hydrogens is 276 g/mol. The van der Waals surface area contributed by atoms with E-state index in [-0.39, 0.29) is 17.8 Å². The summed E-state index contributed by atoms with van der Waals surface area (Å²) in [6.45, 7) is -0.00743. The minimum absolute atomic E-state index is 0.00743. The second kappa shape index (κ2) is 5.20. The van der Waals surface area contributed by atoms with Gasteiger partial charge in [-0.15, -0.1) is 11.8 Å². The number of hydrogen-bond acceptors (Lipinski definition) is 4. The third-order valence-corrected chi connectivity index (χ3v) is 4.62. The average Bonchev–Trinajstić information content (AvgIpc) is 3.03. The van der Waals surface area contributed by atoms with Gasteiger partial charge in [-0.1, -0.05) is 18.2 Å². The first-order chi connectivity index (χ1) is 9.70. The Morgan fingerprint density at radius 2 is 2.30 bits per heavy atom. The summed E-state index contributed by atoms with van der Waals surface area (Å²) in [5.74, 6) is -0.0392. The number of amides is 1. The molecule has 104 valence electrons. The van der Waals surface area contributed by atoms with Crippen molar-refractivity contribution in [3.05, 3.63) is 36.0 Å². The first kappa shape index (κ1) is 13.1. The van der Waals surface area contributed by atoms with Gasteiger partial charge in [0.05, 0.1) is 12.9 Å². The van der Waals surface area contributed by atoms with E-state index in [0.29, 0.717) is 5.75 Å². The van der Waals surface area contributed by atoms with Crippen LogP contribution in [0.5, 0.6) is 0 Å². The van der Waals surface area contributed by atoms with Gasteiger partial charge in [0.25, 0.3) is 0 Å². The molecule has 1 saturated heterocycles. The fraction of sp³-hybridized carbons (Fsp3) is 0.286. The number of methoxy groups -OCH3 is 1. The van der Waals surface area contributed by atoms with E-state index < -0.39 is 5.97 Å². The summed E-state index contributed by atoms with van der Waals surface area (Å²) >= 11 is 1.53. The van der Waals surface area contributed by atoms with Crippen LogP contribution in [0.4, 0.5) is 0 Å². The fourth-order valence-corrected chi connectivity index (χ4v) is 3.60. The van der Waals surface area contributed by atoms with Crippen LogP contribution in [0, 0.1) is 0 Å². The molecule has 1 fully saturated rings. The van der Waals surface area contributed by atoms with Crippen molar-refractivity contribution < 1.29 is 14.3 Å². The van der Waals surface area contributed by atoms with Crippen LogP contribution in [0.2, 0.25) is 0 Å². The molecule has 1 aliphatic heterocycles. The molecular formula is C14H14N2O3S. The maximum atomic E-state index is 12.0. The Bertz CT molecular complexity index is 667. The molecule has 1 atom stereocenters. The van der Waals surface area contributed by atoms with Crippen LogP contribution in [0.1, 0.15) is 10.9 Å². The highest BCUT2D eigenvalue weighted by Crippen LogP contribution is 2.41. The van der Waals surface area contributed by atoms with Gasteiger partial charge in [-0.2, -0.15) is 0 Å². The third-order valence-electron chi connectivity index (χ3n) is 3.38. The van der Waals surface area contributed by atoms with Crippen molar-refractivity contribution in [2.45, 2.75) is 5.37 Å². The number of nitrogens with zero attached hydrogens (tertiary/aromatic N) is 1. The number of esters is 1. The SMILES string of the molecule is COC(=O)CN1C(=O)CSC1c1c[nH]c2ccccc12. The molecule has 0 aliphatic carbocycles. The van der Waals surface area contributed by atoms with E-state index in [0.717, 1.165) is 16.5 Å². The van der Waals surface area contributed by atoms with E-state index in [1.165, 1.54) is 18.9 Å². The van der Waals surface area contributed by atoms with Crippen molar-refractivity contribution in [3.63, 3.8) is 0 Å². The summed E-state index contributed by atoms with van der Waals surface area (Å²) in [4.78, 5) is 28.2. The first-order valence-electron chi connectivity index (χ1n) is 6.24. The lowest BCUT2D eigenvalue weighted by atomic mass is 10.1. The van der Waals surface area contributed by atoms with Crippen LogP contribution in [0.25, 0.3) is 10.9 Å². The molecule has 1 aromatic heterocycles. The van der Waals surface area contributed by atoms with E-state index in [2.05, 4.69) is 9.72 Å². The lowest BCUT2D eigenvalue weighted by Crippen LogP contribution is -2.33. The number of carbonyl (C=O) groups is 2. The number of para-hydroxylation sites is 1. The monoisotopic (exact) mass is 290 g/mol. The molecule has 1 aliphatic rings. The summed E-state index contributed by atoms with van der Waals surface area (Å²) in [5, 5.41) is 0.937. The molecule has 5 nitrogen and oxygen atoms in total. The summed E-state index contributed by atoms with van der Waals surface area (Å²) < 4.78 is 4.66. The number of aromatic amines is 1. The molecule has 3 rings (SSSR count). The Morgan fingerprint density at radius 3 is 3.10 bits per heavy atom. The van der Waals surface area contributed by atoms with Gasteiger partial charge in [0, 0.05) is 22.7 Å². The Morgan fingerprint density at radius 1 is 1.50 bits per heavy atom. The molecule has 1 aromatic carbocycles. The zero-order chi connectivity index (χ0) is 14.1. The predicted molar refractivity (Wildman–Crippen MR) is 77.2 cm³/mol. The number of hydrogen-bond donors (Lipinski definition) is 1. The zero-order valence-electron chi connectivity index (χ0n) is 11.0. The predicted octanol–water partition coefficient (Wildman–Crippen LogP) is 1.91. The molecule has 2 heterocycles. The number of rotatable bonds is 3. The Hall–Kier alpha value is -1.95. The largest absolute Gasteiger partial charge is 0.468 e. The second-order valence-corrected chi connectivity index (χ2v) is 5.62. The van der Waals surface area contributed by atoms with Crippen molar-refractivity contribution in [1.82, 2.24) is 9.88 Å². The molecule has 1 N–H and O–H groups in total. The quantitative estimate of drug-likeness (QED) is 0.877. The van der Waals surface area contributed by atoms with Gasteiger partial charge in [-0.3, -0.25) is 9.59 Å². The smallest absolute Gasteiger partial charge is 0.325 e. The second-order valence-electron chi connectivity index (χ2n) is 4.55. The van der Waals surface area contributed by atoms with E-state index in [1.807, 2.05) is 30.5 Å². The standard InChI is InChI=1S/C14H14N2O3S/c1-19-13(18)7-16-12(17)8-20-14(16)10-6-15-11-5-3-2-4-9(10)11/h2-6,14-15H,7-8H2,1H3. The lowest BCUT2D eigenvalue weighted by Gasteiger charge is -2.22. The summed E-state index contributed by atoms with van der Waals surface area (Å²) in [6.07, 6.45) is 1.91. The van der Waals surface area contributed by atoms with Crippen molar-refractivity contribution in [2.24, 2.45) is 0 Å². The minimum Gasteiger partial charge on any atom is -0.468 e. The Kier molecular flexibility index (Phi) is 3.40. The molecule has 6 heteroatoms. The molecule has 1 amide bonds. The third kappa shape index (κ3) is 2.16. The van der Waals surface area contributed by atoms with Crippen molar-refractivity contribution >= 4 is 34.5 Å². The van der Waals surface area contributed by atoms with Crippen LogP contribution >= 0.6 is 11.8 Å². The molecule has 2 aromatic rings. The number of benzene rings is 1. The van der Waals surface area contributed by atoms with Crippen LogP contribution in [-0.4, -0.2) is 41.2 Å². The zero-order valence-corrected chi connectivity index (χ0v) is 11.8. The van der Waals surface area contributed by atoms with Gasteiger partial charge in [-0.05, 0) is 6.07 Å². The van der Waals surface area contributed by atoms with Gasteiger partial charge < -0.3 is 14.6 Å². The first-order valence-corrected chi connectivity index (χ1v) is 7.29.